The molecule has 0 spiro atoms. The van der Waals surface area contributed by atoms with Crippen LogP contribution in [0, 0.1) is 0 Å². The van der Waals surface area contributed by atoms with Crippen molar-refractivity contribution in [2.24, 2.45) is 4.99 Å². The van der Waals surface area contributed by atoms with Crippen LogP contribution in [0.15, 0.2) is 39.9 Å². The quantitative estimate of drug-likeness (QED) is 0.720. The maximum atomic E-state index is 12.4. The molecule has 4 rings (SSSR count). The summed E-state index contributed by atoms with van der Waals surface area (Å²) in [6, 6.07) is 4.68. The van der Waals surface area contributed by atoms with Crippen LogP contribution in [0.25, 0.3) is 5.57 Å². The summed E-state index contributed by atoms with van der Waals surface area (Å²) in [5.74, 6) is 1.07. The van der Waals surface area contributed by atoms with Crippen molar-refractivity contribution in [3.8, 4) is 0 Å². The van der Waals surface area contributed by atoms with E-state index in [4.69, 9.17) is 9.73 Å². The molecule has 1 atom stereocenters. The van der Waals surface area contributed by atoms with Gasteiger partial charge in [0, 0.05) is 55.4 Å². The summed E-state index contributed by atoms with van der Waals surface area (Å²) >= 11 is 1.77. The second kappa shape index (κ2) is 8.55. The van der Waals surface area contributed by atoms with Crippen LogP contribution < -0.4 is 5.32 Å². The van der Waals surface area contributed by atoms with Crippen molar-refractivity contribution in [3.05, 3.63) is 39.7 Å². The molecule has 1 aromatic rings. The number of allylic oxidation sites excluding steroid dienone is 2. The van der Waals surface area contributed by atoms with Crippen LogP contribution in [-0.4, -0.2) is 66.1 Å². The topological polar surface area (TPSA) is 67.1 Å². The molecule has 1 N–H and O–H groups in total. The van der Waals surface area contributed by atoms with Gasteiger partial charge >= 0.3 is 6.09 Å². The highest BCUT2D eigenvalue weighted by molar-refractivity contribution is 7.11. The normalized spacial score (nSPS) is 22.9. The highest BCUT2D eigenvalue weighted by Crippen LogP contribution is 2.31. The Bertz CT molecular complexity index is 868. The first kappa shape index (κ1) is 21.1. The van der Waals surface area contributed by atoms with Crippen LogP contribution in [-0.2, 0) is 4.74 Å². The van der Waals surface area contributed by atoms with E-state index in [1.54, 1.807) is 11.3 Å². The maximum Gasteiger partial charge on any atom is 0.410 e. The van der Waals surface area contributed by atoms with Gasteiger partial charge in [0.15, 0.2) is 0 Å². The highest BCUT2D eigenvalue weighted by atomic mass is 32.1. The van der Waals surface area contributed by atoms with E-state index in [0.29, 0.717) is 19.1 Å². The summed E-state index contributed by atoms with van der Waals surface area (Å²) in [5.41, 5.74) is 3.60. The predicted molar refractivity (Wildman–Crippen MR) is 123 cm³/mol. The second-order valence-corrected chi connectivity index (χ2v) is 10.1. The monoisotopic (exact) mass is 428 g/mol. The Hall–Kier alpha value is -2.12. The van der Waals surface area contributed by atoms with E-state index in [0.717, 1.165) is 38.3 Å². The van der Waals surface area contributed by atoms with Crippen LogP contribution in [0.3, 0.4) is 0 Å². The number of hydrogen-bond donors (Lipinski definition) is 1. The van der Waals surface area contributed by atoms with Gasteiger partial charge in [0.2, 0.25) is 0 Å². The van der Waals surface area contributed by atoms with Gasteiger partial charge in [-0.1, -0.05) is 11.6 Å². The number of carbonyl (C=O) groups excluding carboxylic acids is 1. The zero-order valence-corrected chi connectivity index (χ0v) is 19.2. The molecule has 0 aliphatic carbocycles. The minimum atomic E-state index is -0.467. The molecule has 0 bridgehead atoms. The number of rotatable bonds is 2. The minimum absolute atomic E-state index is 0.225. The van der Waals surface area contributed by atoms with Crippen LogP contribution in [0.4, 0.5) is 4.79 Å². The van der Waals surface area contributed by atoms with Crippen molar-refractivity contribution in [1.82, 2.24) is 15.1 Å². The summed E-state index contributed by atoms with van der Waals surface area (Å²) in [5, 5.41) is 5.60. The Labute approximate surface area is 183 Å². The second-order valence-electron chi connectivity index (χ2n) is 9.19. The van der Waals surface area contributed by atoms with Crippen LogP contribution >= 0.6 is 11.3 Å². The molecule has 0 aromatic carbocycles. The maximum absolute atomic E-state index is 12.4. The lowest BCUT2D eigenvalue weighted by Gasteiger charge is -2.38. The number of carbonyl (C=O) groups is 1. The molecule has 162 valence electrons. The van der Waals surface area contributed by atoms with Gasteiger partial charge in [-0.15, -0.1) is 11.3 Å². The molecule has 1 unspecified atom stereocenters. The van der Waals surface area contributed by atoms with E-state index in [9.17, 15) is 4.79 Å². The van der Waals surface area contributed by atoms with Crippen molar-refractivity contribution < 1.29 is 9.53 Å². The molecule has 1 aromatic heterocycles. The first-order valence-corrected chi connectivity index (χ1v) is 11.7. The smallest absolute Gasteiger partial charge is 0.410 e. The van der Waals surface area contributed by atoms with E-state index >= 15 is 0 Å². The van der Waals surface area contributed by atoms with E-state index in [2.05, 4.69) is 40.9 Å². The number of aliphatic imine (C=N–C) groups is 1. The van der Waals surface area contributed by atoms with Gasteiger partial charge < -0.3 is 19.9 Å². The third kappa shape index (κ3) is 4.95. The average Bonchev–Trinajstić information content (AvgIpc) is 3.36. The van der Waals surface area contributed by atoms with Crippen molar-refractivity contribution in [3.63, 3.8) is 0 Å². The summed E-state index contributed by atoms with van der Waals surface area (Å²) in [4.78, 5) is 22.9. The van der Waals surface area contributed by atoms with Gasteiger partial charge in [-0.25, -0.2) is 9.79 Å². The Morgan fingerprint density at radius 2 is 1.97 bits per heavy atom. The summed E-state index contributed by atoms with van der Waals surface area (Å²) in [6.45, 7) is 11.8. The standard InChI is InChI=1S/C23H32N4O2S/c1-16-7-8-17(19-6-5-13-30-19)14-25-21(20(16)18-15-24-18)26-9-11-27(12-10-26)22(28)29-23(2,3)4/h5-6,13-14,18,24H,7-12,15H2,1-4H3. The third-order valence-corrected chi connectivity index (χ3v) is 6.58. The minimum Gasteiger partial charge on any atom is -0.444 e. The summed E-state index contributed by atoms with van der Waals surface area (Å²) in [7, 11) is 0. The SMILES string of the molecule is CC1=C(C2CN2)C(N2CCN(C(=O)OC(C)(C)C)CC2)=NC=C(c2cccs2)CC1. The zero-order valence-electron chi connectivity index (χ0n) is 18.4. The molecule has 0 radical (unpaired) electrons. The van der Waals surface area contributed by atoms with E-state index in [1.807, 2.05) is 25.7 Å². The van der Waals surface area contributed by atoms with Gasteiger partial charge in [0.05, 0.1) is 0 Å². The predicted octanol–water partition coefficient (Wildman–Crippen LogP) is 4.12. The molecular weight excluding hydrogens is 396 g/mol. The lowest BCUT2D eigenvalue weighted by molar-refractivity contribution is 0.0187. The van der Waals surface area contributed by atoms with Gasteiger partial charge in [-0.05, 0) is 57.6 Å². The first-order chi connectivity index (χ1) is 14.3. The van der Waals surface area contributed by atoms with Gasteiger partial charge in [-0.2, -0.15) is 0 Å². The molecule has 0 saturated carbocycles. The molecule has 4 heterocycles. The lowest BCUT2D eigenvalue weighted by atomic mass is 9.96. The number of amidine groups is 1. The average molecular weight is 429 g/mol. The zero-order chi connectivity index (χ0) is 21.3. The number of nitrogens with one attached hydrogen (secondary N) is 1. The fourth-order valence-corrected chi connectivity index (χ4v) is 4.73. The lowest BCUT2D eigenvalue weighted by Crippen LogP contribution is -2.52. The van der Waals surface area contributed by atoms with Crippen molar-refractivity contribution in [2.45, 2.75) is 52.2 Å². The molecule has 7 heteroatoms. The third-order valence-electron chi connectivity index (χ3n) is 5.64. The van der Waals surface area contributed by atoms with Crippen LogP contribution in [0.1, 0.15) is 45.4 Å². The number of nitrogens with zero attached hydrogens (tertiary/aromatic N) is 3. The number of ether oxygens (including phenoxy) is 1. The van der Waals surface area contributed by atoms with Gasteiger partial charge in [0.25, 0.3) is 0 Å². The van der Waals surface area contributed by atoms with Crippen LogP contribution in [0.5, 0.6) is 0 Å². The molecule has 3 aliphatic heterocycles. The molecular formula is C23H32N4O2S. The van der Waals surface area contributed by atoms with Crippen LogP contribution in [0.2, 0.25) is 0 Å². The fraction of sp³-hybridized carbons (Fsp3) is 0.565. The number of piperazine rings is 1. The summed E-state index contributed by atoms with van der Waals surface area (Å²) in [6.07, 6.45) is 3.91. The molecule has 1 amide bonds. The molecule has 3 aliphatic rings. The van der Waals surface area contributed by atoms with Gasteiger partial charge in [0.1, 0.15) is 11.4 Å². The Balaban J connectivity index is 1.54. The van der Waals surface area contributed by atoms with Gasteiger partial charge in [-0.3, -0.25) is 0 Å². The summed E-state index contributed by atoms with van der Waals surface area (Å²) < 4.78 is 5.55. The Morgan fingerprint density at radius 1 is 1.23 bits per heavy atom. The highest BCUT2D eigenvalue weighted by Gasteiger charge is 2.35. The molecule has 30 heavy (non-hydrogen) atoms. The number of thiophene rings is 1. The molecule has 2 saturated heterocycles. The molecule has 2 fully saturated rings. The van der Waals surface area contributed by atoms with E-state index in [-0.39, 0.29) is 6.09 Å². The first-order valence-electron chi connectivity index (χ1n) is 10.8. The van der Waals surface area contributed by atoms with Crippen molar-refractivity contribution in [2.75, 3.05) is 32.7 Å². The fourth-order valence-electron chi connectivity index (χ4n) is 3.96. The van der Waals surface area contributed by atoms with E-state index < -0.39 is 5.60 Å². The largest absolute Gasteiger partial charge is 0.444 e. The van der Waals surface area contributed by atoms with E-state index in [1.165, 1.54) is 21.6 Å². The number of amides is 1. The van der Waals surface area contributed by atoms with Crippen molar-refractivity contribution >= 4 is 28.8 Å². The molecule has 6 nitrogen and oxygen atoms in total. The Kier molecular flexibility index (Phi) is 6.02. The van der Waals surface area contributed by atoms with Crippen molar-refractivity contribution in [1.29, 1.82) is 0 Å². The number of hydrogen-bond acceptors (Lipinski definition) is 6. The Morgan fingerprint density at radius 3 is 2.57 bits per heavy atom.